The summed E-state index contributed by atoms with van der Waals surface area (Å²) < 4.78 is 81.0. The maximum Gasteiger partial charge on any atom is 0.433 e. The maximum atomic E-state index is 13.5. The van der Waals surface area contributed by atoms with Crippen LogP contribution in [0.2, 0.25) is 0 Å². The van der Waals surface area contributed by atoms with Crippen molar-refractivity contribution < 1.29 is 31.4 Å². The van der Waals surface area contributed by atoms with Crippen LogP contribution in [-0.4, -0.2) is 66.9 Å². The zero-order valence-electron chi connectivity index (χ0n) is 19.4. The molecule has 1 fully saturated rings. The zero-order chi connectivity index (χ0) is 25.5. The molecule has 35 heavy (non-hydrogen) atoms. The molecule has 10 heteroatoms. The van der Waals surface area contributed by atoms with Gasteiger partial charge in [0, 0.05) is 44.3 Å². The summed E-state index contributed by atoms with van der Waals surface area (Å²) in [5.74, 6) is -1.05. The molecule has 0 bridgehead atoms. The molecule has 0 aromatic heterocycles. The van der Waals surface area contributed by atoms with Crippen molar-refractivity contribution in [3.8, 4) is 0 Å². The molecule has 3 aliphatic rings. The first-order valence-corrected chi connectivity index (χ1v) is 11.4. The molecular formula is C25H27F6N3O. The van der Waals surface area contributed by atoms with Crippen LogP contribution >= 0.6 is 0 Å². The Bertz CT molecular complexity index is 1090. The van der Waals surface area contributed by atoms with Gasteiger partial charge in [0.1, 0.15) is 5.71 Å². The Morgan fingerprint density at radius 1 is 1.03 bits per heavy atom. The van der Waals surface area contributed by atoms with Crippen molar-refractivity contribution in [3.05, 3.63) is 64.4 Å². The Balaban J connectivity index is 1.52. The molecule has 0 amide bonds. The van der Waals surface area contributed by atoms with E-state index in [4.69, 9.17) is 0 Å². The number of dihydropyridines is 1. The quantitative estimate of drug-likeness (QED) is 0.585. The molecule has 2 heterocycles. The molecule has 1 aromatic rings. The number of halogens is 6. The van der Waals surface area contributed by atoms with Crippen molar-refractivity contribution in [3.63, 3.8) is 0 Å². The molecule has 2 unspecified atom stereocenters. The van der Waals surface area contributed by atoms with E-state index in [1.54, 1.807) is 0 Å². The lowest BCUT2D eigenvalue weighted by Gasteiger charge is -2.39. The summed E-state index contributed by atoms with van der Waals surface area (Å²) in [6, 6.07) is 6.07. The second-order valence-corrected chi connectivity index (χ2v) is 9.15. The number of aliphatic hydroxyl groups is 1. The maximum absolute atomic E-state index is 13.5. The number of nitrogens with zero attached hydrogens (tertiary/aromatic N) is 3. The summed E-state index contributed by atoms with van der Waals surface area (Å²) in [6.45, 7) is 6.59. The van der Waals surface area contributed by atoms with Gasteiger partial charge in [-0.3, -0.25) is 4.90 Å². The summed E-state index contributed by atoms with van der Waals surface area (Å²) in [7, 11) is 0. The minimum absolute atomic E-state index is 0.0342. The van der Waals surface area contributed by atoms with Gasteiger partial charge in [-0.2, -0.15) is 26.3 Å². The Hall–Kier alpha value is -2.59. The molecule has 1 aliphatic carbocycles. The number of piperazine rings is 1. The topological polar surface area (TPSA) is 39.1 Å². The highest BCUT2D eigenvalue weighted by atomic mass is 19.4. The van der Waals surface area contributed by atoms with Crippen LogP contribution in [0.4, 0.5) is 32.0 Å². The van der Waals surface area contributed by atoms with Crippen LogP contribution < -0.4 is 4.90 Å². The van der Waals surface area contributed by atoms with E-state index in [9.17, 15) is 31.4 Å². The summed E-state index contributed by atoms with van der Waals surface area (Å²) in [5, 5.41) is 10.9. The van der Waals surface area contributed by atoms with E-state index < -0.39 is 41.4 Å². The van der Waals surface area contributed by atoms with Crippen LogP contribution in [0.3, 0.4) is 0 Å². The number of aryl methyl sites for hydroxylation is 1. The first-order chi connectivity index (χ1) is 16.4. The standard InChI is InChI=1S/C25H27F6N3O/c1-15-5-3-8-20(16(15)2)34-11-9-33(10-12-34)14-21(35)18-13-22(25(29,30)31)32-23-17(18)6-4-7-19(23)24(26,27)28/h3-5,7-8,13,17,21,35H,6,9-12,14H2,1-2H3. The minimum atomic E-state index is -4.93. The number of β-amino-alcohol motifs (C(OH)–C–C–N with tert-alkyl or cyclic N) is 1. The number of aliphatic hydroxyl groups excluding tert-OH is 1. The second kappa shape index (κ2) is 9.46. The predicted molar refractivity (Wildman–Crippen MR) is 122 cm³/mol. The molecule has 2 aliphatic heterocycles. The average molecular weight is 499 g/mol. The van der Waals surface area contributed by atoms with E-state index >= 15 is 0 Å². The lowest BCUT2D eigenvalue weighted by atomic mass is 9.80. The Morgan fingerprint density at radius 3 is 2.34 bits per heavy atom. The number of hydrogen-bond acceptors (Lipinski definition) is 4. The van der Waals surface area contributed by atoms with Crippen molar-refractivity contribution in [1.82, 2.24) is 4.90 Å². The average Bonchev–Trinajstić information content (AvgIpc) is 2.79. The van der Waals surface area contributed by atoms with Gasteiger partial charge in [0.25, 0.3) is 0 Å². The van der Waals surface area contributed by atoms with E-state index in [0.717, 1.165) is 17.8 Å². The normalized spacial score (nSPS) is 22.7. The SMILES string of the molecule is Cc1cccc(N2CCN(CC(O)C3=CC(C(F)(F)F)=NC4=C(C(F)(F)F)C=CCC34)CC2)c1C. The van der Waals surface area contributed by atoms with Crippen molar-refractivity contribution in [1.29, 1.82) is 0 Å². The van der Waals surface area contributed by atoms with Gasteiger partial charge in [0.05, 0.1) is 17.4 Å². The number of allylic oxidation sites excluding steroid dienone is 5. The molecule has 4 nitrogen and oxygen atoms in total. The second-order valence-electron chi connectivity index (χ2n) is 9.15. The monoisotopic (exact) mass is 499 g/mol. The third-order valence-corrected chi connectivity index (χ3v) is 6.91. The number of alkyl halides is 6. The van der Waals surface area contributed by atoms with E-state index in [1.807, 2.05) is 30.0 Å². The van der Waals surface area contributed by atoms with Gasteiger partial charge in [0.15, 0.2) is 0 Å². The van der Waals surface area contributed by atoms with E-state index in [2.05, 4.69) is 16.8 Å². The minimum Gasteiger partial charge on any atom is -0.387 e. The Kier molecular flexibility index (Phi) is 6.89. The van der Waals surface area contributed by atoms with E-state index in [0.29, 0.717) is 26.2 Å². The van der Waals surface area contributed by atoms with Crippen LogP contribution in [0, 0.1) is 19.8 Å². The van der Waals surface area contributed by atoms with Gasteiger partial charge in [-0.25, -0.2) is 4.99 Å². The van der Waals surface area contributed by atoms with Crippen LogP contribution in [-0.2, 0) is 0 Å². The number of benzene rings is 1. The number of anilines is 1. The van der Waals surface area contributed by atoms with Gasteiger partial charge in [-0.15, -0.1) is 0 Å². The fourth-order valence-corrected chi connectivity index (χ4v) is 4.87. The first-order valence-electron chi connectivity index (χ1n) is 11.4. The van der Waals surface area contributed by atoms with Crippen molar-refractivity contribution in [2.24, 2.45) is 10.9 Å². The molecule has 190 valence electrons. The zero-order valence-corrected chi connectivity index (χ0v) is 19.4. The number of rotatable bonds is 4. The van der Waals surface area contributed by atoms with Gasteiger partial charge >= 0.3 is 12.4 Å². The fraction of sp³-hybridized carbons (Fsp3) is 0.480. The summed E-state index contributed by atoms with van der Waals surface area (Å²) in [6.07, 6.45) is -8.32. The third kappa shape index (κ3) is 5.33. The van der Waals surface area contributed by atoms with Crippen LogP contribution in [0.1, 0.15) is 17.5 Å². The van der Waals surface area contributed by atoms with Gasteiger partial charge in [0.2, 0.25) is 0 Å². The highest BCUT2D eigenvalue weighted by molar-refractivity contribution is 6.02. The van der Waals surface area contributed by atoms with Gasteiger partial charge in [-0.1, -0.05) is 24.3 Å². The number of aliphatic imine (C=N–C) groups is 1. The van der Waals surface area contributed by atoms with Crippen molar-refractivity contribution in [2.45, 2.75) is 38.7 Å². The predicted octanol–water partition coefficient (Wildman–Crippen LogP) is 5.12. The van der Waals surface area contributed by atoms with Crippen LogP contribution in [0.15, 0.2) is 58.3 Å². The molecule has 1 saturated heterocycles. The Morgan fingerprint density at radius 2 is 1.71 bits per heavy atom. The molecular weight excluding hydrogens is 472 g/mol. The molecule has 0 saturated carbocycles. The Labute approximate surface area is 199 Å². The molecule has 0 radical (unpaired) electrons. The molecule has 1 N–H and O–H groups in total. The van der Waals surface area contributed by atoms with E-state index in [1.165, 1.54) is 17.2 Å². The van der Waals surface area contributed by atoms with Crippen LogP contribution in [0.5, 0.6) is 0 Å². The highest BCUT2D eigenvalue weighted by Crippen LogP contribution is 2.43. The van der Waals surface area contributed by atoms with E-state index in [-0.39, 0.29) is 18.5 Å². The molecule has 0 spiro atoms. The summed E-state index contributed by atoms with van der Waals surface area (Å²) >= 11 is 0. The molecule has 4 rings (SSSR count). The molecule has 2 atom stereocenters. The summed E-state index contributed by atoms with van der Waals surface area (Å²) in [5.41, 5.74) is 0.0986. The van der Waals surface area contributed by atoms with Crippen molar-refractivity contribution in [2.75, 3.05) is 37.6 Å². The molecule has 1 aromatic carbocycles. The third-order valence-electron chi connectivity index (χ3n) is 6.91. The summed E-state index contributed by atoms with van der Waals surface area (Å²) in [4.78, 5) is 7.51. The van der Waals surface area contributed by atoms with Gasteiger partial charge in [-0.05, 0) is 49.1 Å². The lowest BCUT2D eigenvalue weighted by molar-refractivity contribution is -0.0900. The highest BCUT2D eigenvalue weighted by Gasteiger charge is 2.45. The van der Waals surface area contributed by atoms with Crippen LogP contribution in [0.25, 0.3) is 0 Å². The largest absolute Gasteiger partial charge is 0.433 e. The smallest absolute Gasteiger partial charge is 0.387 e. The number of hydrogen-bond donors (Lipinski definition) is 1. The fourth-order valence-electron chi connectivity index (χ4n) is 4.87. The number of fused-ring (bicyclic) bond motifs is 1. The van der Waals surface area contributed by atoms with Gasteiger partial charge < -0.3 is 10.0 Å². The van der Waals surface area contributed by atoms with Crippen molar-refractivity contribution >= 4 is 11.4 Å². The first kappa shape index (κ1) is 25.5. The lowest BCUT2D eigenvalue weighted by Crippen LogP contribution is -2.49.